The molecule has 0 aliphatic carbocycles. The van der Waals surface area contributed by atoms with E-state index in [0.717, 1.165) is 5.56 Å². The topological polar surface area (TPSA) is 121 Å². The van der Waals surface area contributed by atoms with E-state index in [9.17, 15) is 19.8 Å². The highest BCUT2D eigenvalue weighted by Crippen LogP contribution is 2.32. The van der Waals surface area contributed by atoms with Gasteiger partial charge in [0.15, 0.2) is 5.17 Å². The summed E-state index contributed by atoms with van der Waals surface area (Å²) < 4.78 is 5.31. The zero-order valence-corrected chi connectivity index (χ0v) is 17.8. The summed E-state index contributed by atoms with van der Waals surface area (Å²) in [6, 6.07) is 14.2. The normalized spacial score (nSPS) is 15.6. The fraction of sp³-hybridized carbons (Fsp3) is 0.130. The van der Waals surface area contributed by atoms with Crippen molar-refractivity contribution < 1.29 is 24.5 Å². The Morgan fingerprint density at radius 3 is 2.72 bits per heavy atom. The van der Waals surface area contributed by atoms with Crippen LogP contribution in [0.15, 0.2) is 64.6 Å². The summed E-state index contributed by atoms with van der Waals surface area (Å²) in [5.41, 5.74) is 2.09. The first kappa shape index (κ1) is 21.5. The number of carbonyl (C=O) groups is 2. The van der Waals surface area contributed by atoms with Gasteiger partial charge in [-0.3, -0.25) is 9.78 Å². The van der Waals surface area contributed by atoms with Gasteiger partial charge in [-0.05, 0) is 41.1 Å². The highest BCUT2D eigenvalue weighted by atomic mass is 32.2. The van der Waals surface area contributed by atoms with E-state index in [4.69, 9.17) is 4.74 Å². The molecule has 2 aromatic carbocycles. The third-order valence-corrected chi connectivity index (χ3v) is 5.79. The predicted octanol–water partition coefficient (Wildman–Crippen LogP) is 3.24. The molecular weight excluding hydrogens is 430 g/mol. The molecule has 0 saturated carbocycles. The number of aromatic nitrogens is 1. The van der Waals surface area contributed by atoms with Gasteiger partial charge in [-0.15, -0.1) is 0 Å². The molecule has 0 saturated heterocycles. The number of nitrogens with one attached hydrogen (secondary N) is 1. The van der Waals surface area contributed by atoms with Crippen molar-refractivity contribution in [3.63, 3.8) is 0 Å². The molecule has 0 unspecified atom stereocenters. The molecule has 0 radical (unpaired) electrons. The molecule has 1 amide bonds. The average Bonchev–Trinajstić information content (AvgIpc) is 3.15. The number of methoxy groups -OCH3 is 1. The number of ether oxygens (including phenoxy) is 1. The Morgan fingerprint density at radius 1 is 1.25 bits per heavy atom. The number of carbonyl (C=O) groups excluding carboxylic acids is 1. The SMILES string of the molecule is COc1c(C(=O)O)cnc2ccc(/C=C3\SC(N[C@@H](CO)c4ccccc4)=NC3=O)cc12. The smallest absolute Gasteiger partial charge is 0.341 e. The van der Waals surface area contributed by atoms with Crippen LogP contribution in [0.4, 0.5) is 0 Å². The summed E-state index contributed by atoms with van der Waals surface area (Å²) in [6.45, 7) is -0.153. The van der Waals surface area contributed by atoms with Crippen LogP contribution in [-0.4, -0.2) is 46.0 Å². The Labute approximate surface area is 187 Å². The fourth-order valence-electron chi connectivity index (χ4n) is 3.34. The lowest BCUT2D eigenvalue weighted by Crippen LogP contribution is -2.27. The second-order valence-electron chi connectivity index (χ2n) is 6.91. The van der Waals surface area contributed by atoms with Crippen molar-refractivity contribution in [2.45, 2.75) is 6.04 Å². The number of pyridine rings is 1. The molecule has 1 aliphatic rings. The number of carboxylic acid groups (broad SMARTS) is 1. The number of aliphatic hydroxyl groups is 1. The molecule has 1 aromatic heterocycles. The second kappa shape index (κ2) is 9.21. The highest BCUT2D eigenvalue weighted by molar-refractivity contribution is 8.18. The van der Waals surface area contributed by atoms with Crippen LogP contribution < -0.4 is 10.1 Å². The molecular formula is C23H19N3O5S. The summed E-state index contributed by atoms with van der Waals surface area (Å²) in [5, 5.41) is 23.1. The van der Waals surface area contributed by atoms with E-state index in [1.54, 1.807) is 24.3 Å². The number of nitrogens with zero attached hydrogens (tertiary/aromatic N) is 2. The van der Waals surface area contributed by atoms with Crippen LogP contribution in [0.5, 0.6) is 5.75 Å². The molecule has 162 valence electrons. The molecule has 1 aliphatic heterocycles. The quantitative estimate of drug-likeness (QED) is 0.491. The van der Waals surface area contributed by atoms with Crippen LogP contribution >= 0.6 is 11.8 Å². The van der Waals surface area contributed by atoms with Crippen LogP contribution in [0, 0.1) is 0 Å². The van der Waals surface area contributed by atoms with Crippen molar-refractivity contribution in [2.24, 2.45) is 4.99 Å². The average molecular weight is 449 g/mol. The van der Waals surface area contributed by atoms with Crippen LogP contribution in [0.3, 0.4) is 0 Å². The third kappa shape index (κ3) is 4.34. The monoisotopic (exact) mass is 449 g/mol. The van der Waals surface area contributed by atoms with Crippen molar-refractivity contribution >= 4 is 45.8 Å². The van der Waals surface area contributed by atoms with E-state index in [0.29, 0.717) is 26.5 Å². The number of aliphatic hydroxyl groups excluding tert-OH is 1. The molecule has 3 N–H and O–H groups in total. The van der Waals surface area contributed by atoms with Crippen molar-refractivity contribution in [2.75, 3.05) is 13.7 Å². The van der Waals surface area contributed by atoms with Gasteiger partial charge in [-0.1, -0.05) is 36.4 Å². The molecule has 4 rings (SSSR count). The zero-order valence-electron chi connectivity index (χ0n) is 17.0. The molecule has 32 heavy (non-hydrogen) atoms. The Kier molecular flexibility index (Phi) is 6.20. The second-order valence-corrected chi connectivity index (χ2v) is 7.94. The first-order valence-corrected chi connectivity index (χ1v) is 10.5. The van der Waals surface area contributed by atoms with Crippen molar-refractivity contribution in [3.05, 3.63) is 76.3 Å². The van der Waals surface area contributed by atoms with E-state index in [2.05, 4.69) is 15.3 Å². The van der Waals surface area contributed by atoms with Gasteiger partial charge in [0, 0.05) is 11.6 Å². The van der Waals surface area contributed by atoms with Gasteiger partial charge >= 0.3 is 5.97 Å². The first-order valence-electron chi connectivity index (χ1n) is 9.65. The number of aromatic carboxylic acids is 1. The summed E-state index contributed by atoms with van der Waals surface area (Å²) in [7, 11) is 1.40. The molecule has 0 bridgehead atoms. The number of hydrogen-bond acceptors (Lipinski definition) is 7. The zero-order chi connectivity index (χ0) is 22.7. The van der Waals surface area contributed by atoms with E-state index in [1.807, 2.05) is 30.3 Å². The van der Waals surface area contributed by atoms with Gasteiger partial charge in [-0.2, -0.15) is 4.99 Å². The number of rotatable bonds is 6. The summed E-state index contributed by atoms with van der Waals surface area (Å²) in [5.74, 6) is -1.32. The minimum atomic E-state index is -1.14. The Balaban J connectivity index is 1.59. The number of aliphatic imine (C=N–C) groups is 1. The number of benzene rings is 2. The lowest BCUT2D eigenvalue weighted by Gasteiger charge is -2.16. The number of amides is 1. The molecule has 1 atom stereocenters. The number of amidine groups is 1. The van der Waals surface area contributed by atoms with Crippen molar-refractivity contribution in [3.8, 4) is 5.75 Å². The minimum absolute atomic E-state index is 0.0399. The van der Waals surface area contributed by atoms with Gasteiger partial charge in [-0.25, -0.2) is 4.79 Å². The standard InChI is InChI=1S/C23H19N3O5S/c1-31-20-15-9-13(7-8-17(15)24-11-16(20)22(29)30)10-19-21(28)26-23(32-19)25-18(12-27)14-5-3-2-4-6-14/h2-11,18,27H,12H2,1H3,(H,29,30)(H,25,26,28)/b19-10-/t18-/m0/s1. The minimum Gasteiger partial charge on any atom is -0.495 e. The molecule has 9 heteroatoms. The lowest BCUT2D eigenvalue weighted by molar-refractivity contribution is -0.113. The highest BCUT2D eigenvalue weighted by Gasteiger charge is 2.24. The third-order valence-electron chi connectivity index (χ3n) is 4.88. The maximum absolute atomic E-state index is 12.4. The Bertz CT molecular complexity index is 1260. The maximum Gasteiger partial charge on any atom is 0.341 e. The largest absolute Gasteiger partial charge is 0.495 e. The number of carboxylic acids is 1. The first-order chi connectivity index (χ1) is 15.5. The van der Waals surface area contributed by atoms with Gasteiger partial charge < -0.3 is 20.3 Å². The molecule has 0 fully saturated rings. The Morgan fingerprint density at radius 2 is 2.03 bits per heavy atom. The van der Waals surface area contributed by atoms with Crippen molar-refractivity contribution in [1.82, 2.24) is 10.3 Å². The lowest BCUT2D eigenvalue weighted by atomic mass is 10.1. The van der Waals surface area contributed by atoms with Crippen LogP contribution in [0.25, 0.3) is 17.0 Å². The van der Waals surface area contributed by atoms with Crippen LogP contribution in [0.2, 0.25) is 0 Å². The van der Waals surface area contributed by atoms with E-state index >= 15 is 0 Å². The summed E-state index contributed by atoms with van der Waals surface area (Å²) in [4.78, 5) is 32.5. The fourth-order valence-corrected chi connectivity index (χ4v) is 4.20. The van der Waals surface area contributed by atoms with E-state index in [1.165, 1.54) is 25.1 Å². The predicted molar refractivity (Wildman–Crippen MR) is 123 cm³/mol. The molecule has 2 heterocycles. The van der Waals surface area contributed by atoms with Gasteiger partial charge in [0.05, 0.1) is 30.2 Å². The summed E-state index contributed by atoms with van der Waals surface area (Å²) in [6.07, 6.45) is 2.93. The Hall–Kier alpha value is -3.69. The van der Waals surface area contributed by atoms with E-state index in [-0.39, 0.29) is 24.0 Å². The van der Waals surface area contributed by atoms with Gasteiger partial charge in [0.2, 0.25) is 0 Å². The van der Waals surface area contributed by atoms with Gasteiger partial charge in [0.1, 0.15) is 11.3 Å². The van der Waals surface area contributed by atoms with Crippen LogP contribution in [-0.2, 0) is 4.79 Å². The number of thioether (sulfide) groups is 1. The number of hydrogen-bond donors (Lipinski definition) is 3. The van der Waals surface area contributed by atoms with Crippen LogP contribution in [0.1, 0.15) is 27.5 Å². The van der Waals surface area contributed by atoms with Gasteiger partial charge in [0.25, 0.3) is 5.91 Å². The maximum atomic E-state index is 12.4. The molecule has 0 spiro atoms. The molecule has 8 nitrogen and oxygen atoms in total. The molecule has 3 aromatic rings. The summed E-state index contributed by atoms with van der Waals surface area (Å²) >= 11 is 1.17. The van der Waals surface area contributed by atoms with E-state index < -0.39 is 11.9 Å². The van der Waals surface area contributed by atoms with Crippen molar-refractivity contribution in [1.29, 1.82) is 0 Å². The number of fused-ring (bicyclic) bond motifs is 1.